The molecule has 2 saturated carbocycles. The average molecular weight is 665 g/mol. The number of carboxylic acids is 1. The maximum absolute atomic E-state index is 11.8. The van der Waals surface area contributed by atoms with E-state index in [1.165, 1.54) is 83.5 Å². The summed E-state index contributed by atoms with van der Waals surface area (Å²) >= 11 is 6.64. The second kappa shape index (κ2) is 24.9. The molecule has 6 heteroatoms. The van der Waals surface area contributed by atoms with Gasteiger partial charge in [0.1, 0.15) is 6.29 Å². The summed E-state index contributed by atoms with van der Waals surface area (Å²) in [6.45, 7) is 2.17. The Kier molecular flexibility index (Phi) is 22.2. The summed E-state index contributed by atoms with van der Waals surface area (Å²) in [6, 6.07) is 0. The molecule has 0 radical (unpaired) electrons. The van der Waals surface area contributed by atoms with E-state index in [2.05, 4.69) is 31.2 Å². The molecule has 0 saturated heterocycles. The number of carbonyl (C=O) groups is 2. The first kappa shape index (κ1) is 41.0. The van der Waals surface area contributed by atoms with Gasteiger partial charge in [-0.05, 0) is 75.5 Å². The quantitative estimate of drug-likeness (QED) is 0.0320. The number of carboxylic acid groups (broad SMARTS) is 1. The van der Waals surface area contributed by atoms with E-state index in [1.54, 1.807) is 0 Å². The van der Waals surface area contributed by atoms with Crippen LogP contribution in [0.5, 0.6) is 0 Å². The van der Waals surface area contributed by atoms with Crippen LogP contribution in [0.3, 0.4) is 0 Å². The Morgan fingerprint density at radius 3 is 1.89 bits per heavy atom. The molecule has 0 bridgehead atoms. The van der Waals surface area contributed by atoms with Crippen molar-refractivity contribution in [3.05, 3.63) is 24.3 Å². The molecule has 2 aliphatic carbocycles. The number of rotatable bonds is 29. The van der Waals surface area contributed by atoms with Crippen molar-refractivity contribution in [2.75, 3.05) is 0 Å². The third-order valence-electron chi connectivity index (χ3n) is 11.3. The van der Waals surface area contributed by atoms with Gasteiger partial charge in [-0.15, -0.1) is 11.6 Å². The fourth-order valence-corrected chi connectivity index (χ4v) is 8.26. The number of unbranched alkanes of at least 4 members (excludes halogenated alkanes) is 15. The number of aliphatic hydroxyl groups excluding tert-OH is 2. The van der Waals surface area contributed by atoms with Crippen LogP contribution in [-0.2, 0) is 9.59 Å². The first-order valence-electron chi connectivity index (χ1n) is 19.3. The zero-order valence-corrected chi connectivity index (χ0v) is 30.0. The van der Waals surface area contributed by atoms with Gasteiger partial charge in [-0.3, -0.25) is 4.79 Å². The molecule has 5 nitrogen and oxygen atoms in total. The minimum atomic E-state index is -0.676. The zero-order valence-electron chi connectivity index (χ0n) is 29.3. The number of alkyl halides is 1. The second-order valence-corrected chi connectivity index (χ2v) is 15.2. The molecule has 0 aliphatic heterocycles. The van der Waals surface area contributed by atoms with E-state index in [0.717, 1.165) is 70.5 Å². The highest BCUT2D eigenvalue weighted by Gasteiger charge is 2.42. The van der Waals surface area contributed by atoms with E-state index < -0.39 is 12.1 Å². The Hall–Kier alpha value is -1.17. The molecular formula is C40H69ClO5. The molecule has 3 N–H and O–H groups in total. The van der Waals surface area contributed by atoms with Crippen LogP contribution in [0.4, 0.5) is 0 Å². The molecule has 0 amide bonds. The molecule has 1 unspecified atom stereocenters. The summed E-state index contributed by atoms with van der Waals surface area (Å²) in [7, 11) is 0. The predicted octanol–water partition coefficient (Wildman–Crippen LogP) is 10.7. The van der Waals surface area contributed by atoms with Gasteiger partial charge in [-0.25, -0.2) is 0 Å². The Labute approximate surface area is 287 Å². The SMILES string of the molecule is CCC1([C@@H](O)C/C=C/[C@@H]2[C@@H](C/C=C\CCC(CCCCCCCCCCCCCCCCCC=O)C(=O)O)[C@H](Cl)C[C@H]2O)CCC1. The van der Waals surface area contributed by atoms with E-state index in [0.29, 0.717) is 19.3 Å². The number of hydrogen-bond donors (Lipinski definition) is 3. The monoisotopic (exact) mass is 664 g/mol. The van der Waals surface area contributed by atoms with Gasteiger partial charge < -0.3 is 20.1 Å². The second-order valence-electron chi connectivity index (χ2n) is 14.7. The maximum Gasteiger partial charge on any atom is 0.306 e. The molecule has 0 heterocycles. The van der Waals surface area contributed by atoms with Crippen molar-refractivity contribution in [1.82, 2.24) is 0 Å². The van der Waals surface area contributed by atoms with Crippen LogP contribution in [-0.4, -0.2) is 45.2 Å². The molecule has 2 rings (SSSR count). The first-order valence-corrected chi connectivity index (χ1v) is 19.8. The van der Waals surface area contributed by atoms with Crippen LogP contribution in [0.25, 0.3) is 0 Å². The highest BCUT2D eigenvalue weighted by Crippen LogP contribution is 2.48. The number of aliphatic carboxylic acids is 1. The smallest absolute Gasteiger partial charge is 0.306 e. The lowest BCUT2D eigenvalue weighted by atomic mass is 9.63. The normalized spacial score (nSPS) is 24.0. The van der Waals surface area contributed by atoms with Crippen LogP contribution in [0.2, 0.25) is 0 Å². The lowest BCUT2D eigenvalue weighted by molar-refractivity contribution is -0.142. The fourth-order valence-electron chi connectivity index (χ4n) is 7.81. The van der Waals surface area contributed by atoms with Gasteiger partial charge in [0.05, 0.1) is 18.1 Å². The summed E-state index contributed by atoms with van der Waals surface area (Å²) in [5.41, 5.74) is 0.0872. The van der Waals surface area contributed by atoms with Crippen LogP contribution in [0.1, 0.15) is 174 Å². The number of aldehydes is 1. The standard InChI is InChI=1S/C40H69ClO5/c1-2-40(29-23-30-40)38(44)28-22-27-35-34(36(41)32-37(35)43)26-20-17-19-25-33(39(45)46)24-18-15-13-11-9-7-5-3-4-6-8-10-12-14-16-21-31-42/h17,20,22,27,31,33-38,43-44H,2-16,18-19,21,23-26,28-30,32H2,1H3,(H,45,46)/b20-17-,27-22+/t33?,34-,35-,36-,37-,38+/m1/s1. The van der Waals surface area contributed by atoms with Gasteiger partial charge in [0.2, 0.25) is 0 Å². The summed E-state index contributed by atoms with van der Waals surface area (Å²) in [4.78, 5) is 22.2. The van der Waals surface area contributed by atoms with Gasteiger partial charge in [0.25, 0.3) is 0 Å². The molecule has 6 atom stereocenters. The van der Waals surface area contributed by atoms with Gasteiger partial charge in [0, 0.05) is 17.7 Å². The van der Waals surface area contributed by atoms with Crippen molar-refractivity contribution in [2.45, 2.75) is 191 Å². The molecule has 46 heavy (non-hydrogen) atoms. The number of hydrogen-bond acceptors (Lipinski definition) is 4. The van der Waals surface area contributed by atoms with Crippen molar-refractivity contribution < 1.29 is 24.9 Å². The van der Waals surface area contributed by atoms with Gasteiger partial charge in [-0.1, -0.05) is 128 Å². The maximum atomic E-state index is 11.8. The van der Waals surface area contributed by atoms with Crippen molar-refractivity contribution in [3.63, 3.8) is 0 Å². The predicted molar refractivity (Wildman–Crippen MR) is 192 cm³/mol. The van der Waals surface area contributed by atoms with E-state index in [4.69, 9.17) is 11.6 Å². The van der Waals surface area contributed by atoms with Gasteiger partial charge in [0.15, 0.2) is 0 Å². The average Bonchev–Trinajstić information content (AvgIpc) is 3.28. The van der Waals surface area contributed by atoms with Gasteiger partial charge >= 0.3 is 5.97 Å². The third kappa shape index (κ3) is 15.8. The van der Waals surface area contributed by atoms with Crippen molar-refractivity contribution in [1.29, 1.82) is 0 Å². The molecule has 266 valence electrons. The van der Waals surface area contributed by atoms with Crippen molar-refractivity contribution in [3.8, 4) is 0 Å². The van der Waals surface area contributed by atoms with Crippen LogP contribution < -0.4 is 0 Å². The Morgan fingerprint density at radius 2 is 1.39 bits per heavy atom. The Balaban J connectivity index is 1.52. The lowest BCUT2D eigenvalue weighted by Crippen LogP contribution is -2.40. The van der Waals surface area contributed by atoms with Crippen LogP contribution in [0, 0.1) is 23.2 Å². The Morgan fingerprint density at radius 1 is 0.826 bits per heavy atom. The molecule has 2 fully saturated rings. The molecule has 0 spiro atoms. The minimum Gasteiger partial charge on any atom is -0.481 e. The van der Waals surface area contributed by atoms with E-state index in [9.17, 15) is 24.9 Å². The van der Waals surface area contributed by atoms with Crippen LogP contribution >= 0.6 is 11.6 Å². The van der Waals surface area contributed by atoms with E-state index >= 15 is 0 Å². The van der Waals surface area contributed by atoms with E-state index in [1.807, 2.05) is 0 Å². The molecule has 0 aromatic heterocycles. The van der Waals surface area contributed by atoms with Crippen molar-refractivity contribution in [2.24, 2.45) is 23.2 Å². The summed E-state index contributed by atoms with van der Waals surface area (Å²) in [5.74, 6) is -0.803. The fraction of sp³-hybridized carbons (Fsp3) is 0.850. The summed E-state index contributed by atoms with van der Waals surface area (Å²) in [6.07, 6.45) is 36.7. The molecule has 0 aromatic carbocycles. The topological polar surface area (TPSA) is 94.8 Å². The van der Waals surface area contributed by atoms with Crippen molar-refractivity contribution >= 4 is 23.9 Å². The highest BCUT2D eigenvalue weighted by atomic mass is 35.5. The largest absolute Gasteiger partial charge is 0.481 e. The van der Waals surface area contributed by atoms with E-state index in [-0.39, 0.29) is 34.6 Å². The first-order chi connectivity index (χ1) is 22.3. The van der Waals surface area contributed by atoms with Gasteiger partial charge in [-0.2, -0.15) is 0 Å². The number of allylic oxidation sites excluding steroid dienone is 2. The Bertz CT molecular complexity index is 847. The zero-order chi connectivity index (χ0) is 33.5. The summed E-state index contributed by atoms with van der Waals surface area (Å²) in [5, 5.41) is 31.0. The molecule has 2 aliphatic rings. The number of halogens is 1. The summed E-state index contributed by atoms with van der Waals surface area (Å²) < 4.78 is 0. The number of carbonyl (C=O) groups excluding carboxylic acids is 1. The number of aliphatic hydroxyl groups is 2. The molecular weight excluding hydrogens is 596 g/mol. The third-order valence-corrected chi connectivity index (χ3v) is 11.8. The lowest BCUT2D eigenvalue weighted by Gasteiger charge is -2.45. The molecule has 0 aromatic rings. The highest BCUT2D eigenvalue weighted by molar-refractivity contribution is 6.21. The van der Waals surface area contributed by atoms with Crippen LogP contribution in [0.15, 0.2) is 24.3 Å². The minimum absolute atomic E-state index is 0.00315.